The second-order valence-corrected chi connectivity index (χ2v) is 17.6. The summed E-state index contributed by atoms with van der Waals surface area (Å²) >= 11 is 0. The minimum atomic E-state index is -3.34. The second kappa shape index (κ2) is 18.3. The SMILES string of the molecule is C.CS(=O)(=O)c1ccc(-c2cc(F)c(OC3CCC(N)CC3)c(F)c2)cc1.CS(=O)(=O)c1ccc(-c2cc(F)c(OC3CCC(N=[N+]=[N-])CC3)c(F)c2)cc1. The molecule has 4 aromatic rings. The maximum absolute atomic E-state index is 14.5. The number of rotatable bonds is 9. The third-order valence-electron chi connectivity index (χ3n) is 9.37. The number of halogens is 4. The van der Waals surface area contributed by atoms with Crippen molar-refractivity contribution < 1.29 is 43.9 Å². The quantitative estimate of drug-likeness (QED) is 0.0763. The maximum Gasteiger partial charge on any atom is 0.191 e. The van der Waals surface area contributed by atoms with Gasteiger partial charge in [0.15, 0.2) is 54.4 Å². The Hall–Kier alpha value is -4.63. The van der Waals surface area contributed by atoms with E-state index in [-0.39, 0.29) is 52.8 Å². The molecule has 16 heteroatoms. The maximum atomic E-state index is 14.5. The summed E-state index contributed by atoms with van der Waals surface area (Å²) in [7, 11) is -6.67. The van der Waals surface area contributed by atoms with Crippen LogP contribution in [0.4, 0.5) is 17.6 Å². The lowest BCUT2D eigenvalue weighted by Gasteiger charge is -2.27. The molecular formula is C39H44F4N4O6S2. The Kier molecular flexibility index (Phi) is 14.4. The highest BCUT2D eigenvalue weighted by molar-refractivity contribution is 7.91. The van der Waals surface area contributed by atoms with Gasteiger partial charge in [0.1, 0.15) is 0 Å². The van der Waals surface area contributed by atoms with E-state index in [9.17, 15) is 34.4 Å². The minimum Gasteiger partial charge on any atom is -0.484 e. The number of benzene rings is 4. The first-order chi connectivity index (χ1) is 25.5. The molecule has 0 bridgehead atoms. The summed E-state index contributed by atoms with van der Waals surface area (Å²) in [5.74, 6) is -3.99. The fourth-order valence-electron chi connectivity index (χ4n) is 6.36. The number of ether oxygens (including phenoxy) is 2. The van der Waals surface area contributed by atoms with Crippen LogP contribution in [0, 0.1) is 23.3 Å². The molecule has 2 fully saturated rings. The fraction of sp³-hybridized carbons (Fsp3) is 0.385. The van der Waals surface area contributed by atoms with Crippen LogP contribution in [0.25, 0.3) is 32.7 Å². The van der Waals surface area contributed by atoms with E-state index in [1.54, 1.807) is 0 Å². The van der Waals surface area contributed by atoms with Gasteiger partial charge < -0.3 is 15.2 Å². The van der Waals surface area contributed by atoms with Gasteiger partial charge in [-0.3, -0.25) is 0 Å². The fourth-order valence-corrected chi connectivity index (χ4v) is 7.62. The smallest absolute Gasteiger partial charge is 0.191 e. The van der Waals surface area contributed by atoms with Crippen molar-refractivity contribution in [3.63, 3.8) is 0 Å². The standard InChI is InChI=1S/C19H19F2N3O3S.C19H21F2NO3S.CH4/c1-28(25,26)16-8-2-12(3-9-16)13-10-17(20)19(18(21)11-13)27-15-6-4-14(5-7-15)23-24-22;1-26(23,24)16-8-2-12(3-9-16)13-10-17(20)19(18(21)11-13)25-15-6-4-14(22)5-7-15;/h2-3,8-11,14-15H,4-7H2,1H3;2-3,8-11,14-15H,4-7,22H2,1H3;1H4. The molecule has 0 saturated heterocycles. The Labute approximate surface area is 319 Å². The largest absolute Gasteiger partial charge is 0.484 e. The predicted molar refractivity (Wildman–Crippen MR) is 203 cm³/mol. The van der Waals surface area contributed by atoms with Crippen LogP contribution in [-0.4, -0.2) is 53.6 Å². The van der Waals surface area contributed by atoms with Gasteiger partial charge in [-0.2, -0.15) is 0 Å². The Morgan fingerprint density at radius 1 is 0.600 bits per heavy atom. The van der Waals surface area contributed by atoms with E-state index >= 15 is 0 Å². The van der Waals surface area contributed by atoms with Crippen molar-refractivity contribution in [1.29, 1.82) is 0 Å². The lowest BCUT2D eigenvalue weighted by molar-refractivity contribution is 0.135. The average Bonchev–Trinajstić information content (AvgIpc) is 3.12. The average molecular weight is 805 g/mol. The molecule has 0 radical (unpaired) electrons. The zero-order chi connectivity index (χ0) is 39.2. The molecule has 0 spiro atoms. The molecule has 0 atom stereocenters. The first kappa shape index (κ1) is 43.1. The highest BCUT2D eigenvalue weighted by Crippen LogP contribution is 2.34. The third-order valence-corrected chi connectivity index (χ3v) is 11.6. The van der Waals surface area contributed by atoms with Crippen LogP contribution in [0.3, 0.4) is 0 Å². The van der Waals surface area contributed by atoms with Crippen molar-refractivity contribution in [3.8, 4) is 33.8 Å². The summed E-state index contributed by atoms with van der Waals surface area (Å²) in [6, 6.07) is 16.4. The van der Waals surface area contributed by atoms with E-state index in [0.717, 1.165) is 25.4 Å². The summed E-state index contributed by atoms with van der Waals surface area (Å²) in [5, 5.41) is 3.67. The van der Waals surface area contributed by atoms with Crippen molar-refractivity contribution in [2.24, 2.45) is 10.8 Å². The van der Waals surface area contributed by atoms with E-state index in [4.69, 9.17) is 20.7 Å². The molecule has 2 saturated carbocycles. The first-order valence-electron chi connectivity index (χ1n) is 17.2. The van der Waals surface area contributed by atoms with E-state index in [1.807, 2.05) is 0 Å². The molecule has 55 heavy (non-hydrogen) atoms. The number of nitrogens with two attached hydrogens (primary N) is 1. The van der Waals surface area contributed by atoms with Crippen molar-refractivity contribution in [3.05, 3.63) is 107 Å². The summed E-state index contributed by atoms with van der Waals surface area (Å²) in [6.07, 6.45) is 6.85. The minimum absolute atomic E-state index is 0. The van der Waals surface area contributed by atoms with Crippen LogP contribution in [0.5, 0.6) is 11.5 Å². The van der Waals surface area contributed by atoms with Crippen molar-refractivity contribution in [1.82, 2.24) is 0 Å². The van der Waals surface area contributed by atoms with Gasteiger partial charge in [-0.25, -0.2) is 34.4 Å². The molecular weight excluding hydrogens is 761 g/mol. The van der Waals surface area contributed by atoms with Gasteiger partial charge in [-0.1, -0.05) is 36.8 Å². The molecule has 4 aromatic carbocycles. The van der Waals surface area contributed by atoms with Crippen molar-refractivity contribution >= 4 is 19.7 Å². The van der Waals surface area contributed by atoms with Crippen LogP contribution < -0.4 is 15.2 Å². The molecule has 2 aliphatic rings. The Balaban J connectivity index is 0.000000241. The second-order valence-electron chi connectivity index (χ2n) is 13.5. The summed E-state index contributed by atoms with van der Waals surface area (Å²) in [5.41, 5.74) is 15.9. The van der Waals surface area contributed by atoms with Gasteiger partial charge in [0, 0.05) is 29.5 Å². The van der Waals surface area contributed by atoms with Crippen LogP contribution in [-0.2, 0) is 19.7 Å². The number of hydrogen-bond acceptors (Lipinski definition) is 8. The van der Waals surface area contributed by atoms with Crippen molar-refractivity contribution in [2.45, 2.75) is 92.9 Å². The topological polar surface area (TPSA) is 162 Å². The van der Waals surface area contributed by atoms with Gasteiger partial charge in [-0.05, 0) is 128 Å². The highest BCUT2D eigenvalue weighted by Gasteiger charge is 2.25. The molecule has 0 aliphatic heterocycles. The van der Waals surface area contributed by atoms with Crippen molar-refractivity contribution in [2.75, 3.05) is 12.5 Å². The van der Waals surface area contributed by atoms with Gasteiger partial charge in [0.05, 0.1) is 22.0 Å². The molecule has 296 valence electrons. The van der Waals surface area contributed by atoms with Gasteiger partial charge >= 0.3 is 0 Å². The van der Waals surface area contributed by atoms with Crippen LogP contribution in [0.15, 0.2) is 87.7 Å². The van der Waals surface area contributed by atoms with E-state index in [0.29, 0.717) is 55.2 Å². The third kappa shape index (κ3) is 11.4. The van der Waals surface area contributed by atoms with E-state index in [2.05, 4.69) is 10.0 Å². The summed E-state index contributed by atoms with van der Waals surface area (Å²) < 4.78 is 115. The van der Waals surface area contributed by atoms with Gasteiger partial charge in [0.2, 0.25) is 0 Å². The highest BCUT2D eigenvalue weighted by atomic mass is 32.2. The monoisotopic (exact) mass is 804 g/mol. The van der Waals surface area contributed by atoms with Gasteiger partial charge in [0.25, 0.3) is 0 Å². The van der Waals surface area contributed by atoms with Crippen LogP contribution in [0.1, 0.15) is 58.8 Å². The van der Waals surface area contributed by atoms with Crippen LogP contribution in [0.2, 0.25) is 0 Å². The molecule has 0 unspecified atom stereocenters. The van der Waals surface area contributed by atoms with E-state index < -0.39 is 48.7 Å². The number of hydrogen-bond donors (Lipinski definition) is 1. The number of azide groups is 1. The normalized spacial score (nSPS) is 19.8. The molecule has 10 nitrogen and oxygen atoms in total. The number of nitrogens with zero attached hydrogens (tertiary/aromatic N) is 3. The van der Waals surface area contributed by atoms with Crippen LogP contribution >= 0.6 is 0 Å². The molecule has 0 amide bonds. The Morgan fingerprint density at radius 3 is 1.24 bits per heavy atom. The lowest BCUT2D eigenvalue weighted by atomic mass is 9.93. The summed E-state index contributed by atoms with van der Waals surface area (Å²) in [6.45, 7) is 0. The first-order valence-corrected chi connectivity index (χ1v) is 21.0. The Bertz CT molecular complexity index is 2170. The predicted octanol–water partition coefficient (Wildman–Crippen LogP) is 9.36. The number of sulfone groups is 2. The summed E-state index contributed by atoms with van der Waals surface area (Å²) in [4.78, 5) is 3.07. The van der Waals surface area contributed by atoms with Gasteiger partial charge in [-0.15, -0.1) is 0 Å². The molecule has 0 aromatic heterocycles. The zero-order valence-electron chi connectivity index (χ0n) is 29.6. The molecule has 2 aliphatic carbocycles. The Morgan fingerprint density at radius 2 is 0.927 bits per heavy atom. The molecule has 6 rings (SSSR count). The van der Waals surface area contributed by atoms with E-state index in [1.165, 1.54) is 72.8 Å². The lowest BCUT2D eigenvalue weighted by Crippen LogP contribution is -2.32. The molecule has 2 N–H and O–H groups in total. The molecule has 0 heterocycles. The zero-order valence-corrected chi connectivity index (χ0v) is 31.2.